The molecule has 0 aromatic carbocycles. The second-order valence-electron chi connectivity index (χ2n) is 8.37. The fraction of sp³-hybridized carbons (Fsp3) is 0.762. The summed E-state index contributed by atoms with van der Waals surface area (Å²) in [6, 6.07) is -0.523. The van der Waals surface area contributed by atoms with Crippen LogP contribution in [0.5, 0.6) is 0 Å². The van der Waals surface area contributed by atoms with Crippen molar-refractivity contribution in [1.29, 1.82) is 0 Å². The van der Waals surface area contributed by atoms with E-state index in [9.17, 15) is 15.0 Å². The number of anilines is 1. The zero-order valence-corrected chi connectivity index (χ0v) is 19.6. The van der Waals surface area contributed by atoms with Gasteiger partial charge < -0.3 is 20.6 Å². The number of thioether (sulfide) groups is 1. The smallest absolute Gasteiger partial charge is 0.303 e. The maximum Gasteiger partial charge on any atom is 0.303 e. The molecule has 1 aliphatic rings. The van der Waals surface area contributed by atoms with E-state index >= 15 is 0 Å². The topological polar surface area (TPSA) is 146 Å². The molecule has 32 heavy (non-hydrogen) atoms. The number of fused-ring (bicyclic) bond motifs is 1. The van der Waals surface area contributed by atoms with Crippen molar-refractivity contribution in [2.45, 2.75) is 88.6 Å². The largest absolute Gasteiger partial charge is 0.481 e. The lowest BCUT2D eigenvalue weighted by molar-refractivity contribution is -0.137. The summed E-state index contributed by atoms with van der Waals surface area (Å²) in [5, 5.41) is 42.6. The van der Waals surface area contributed by atoms with Crippen LogP contribution in [0, 0.1) is 5.92 Å². The van der Waals surface area contributed by atoms with E-state index in [2.05, 4.69) is 39.4 Å². The average molecular weight is 467 g/mol. The molecule has 11 heteroatoms. The monoisotopic (exact) mass is 466 g/mol. The number of unbranched alkanes of at least 4 members (excludes halogenated alkanes) is 3. The molecule has 2 aromatic rings. The van der Waals surface area contributed by atoms with Gasteiger partial charge in [-0.2, -0.15) is 0 Å². The Hall–Kier alpha value is -1.98. The van der Waals surface area contributed by atoms with Crippen molar-refractivity contribution < 1.29 is 20.1 Å². The van der Waals surface area contributed by atoms with Gasteiger partial charge in [-0.3, -0.25) is 4.79 Å². The van der Waals surface area contributed by atoms with Crippen LogP contribution in [0.4, 0.5) is 5.82 Å². The van der Waals surface area contributed by atoms with E-state index in [1.807, 2.05) is 0 Å². The minimum absolute atomic E-state index is 0.0501. The molecule has 3 rings (SSSR count). The van der Waals surface area contributed by atoms with Crippen molar-refractivity contribution >= 4 is 34.7 Å². The number of aliphatic hydroxyl groups is 2. The molecule has 2 heterocycles. The number of carbonyl (C=O) groups is 1. The molecule has 0 saturated heterocycles. The van der Waals surface area contributed by atoms with Crippen LogP contribution < -0.4 is 5.32 Å². The maximum absolute atomic E-state index is 10.9. The zero-order chi connectivity index (χ0) is 23.1. The van der Waals surface area contributed by atoms with Crippen molar-refractivity contribution in [3.05, 3.63) is 0 Å². The second-order valence-corrected chi connectivity index (χ2v) is 9.44. The normalized spacial score (nSPS) is 23.1. The number of carboxylic acid groups (broad SMARTS) is 1. The molecule has 4 atom stereocenters. The van der Waals surface area contributed by atoms with Crippen LogP contribution in [0.15, 0.2) is 5.16 Å². The lowest BCUT2D eigenvalue weighted by atomic mass is 9.99. The highest BCUT2D eigenvalue weighted by Gasteiger charge is 2.43. The first kappa shape index (κ1) is 24.7. The molecule has 1 aliphatic carbocycles. The van der Waals surface area contributed by atoms with Crippen LogP contribution in [0.25, 0.3) is 11.2 Å². The number of aromatic nitrogens is 5. The van der Waals surface area contributed by atoms with E-state index in [-0.39, 0.29) is 12.3 Å². The molecule has 1 saturated carbocycles. The summed E-state index contributed by atoms with van der Waals surface area (Å²) >= 11 is 1.59. The number of rotatable bonds is 13. The number of aliphatic carboxylic acids is 1. The Balaban J connectivity index is 1.87. The van der Waals surface area contributed by atoms with Gasteiger partial charge in [-0.05, 0) is 31.6 Å². The molecule has 0 aliphatic heterocycles. The maximum atomic E-state index is 10.9. The summed E-state index contributed by atoms with van der Waals surface area (Å²) in [6.45, 7) is 5.05. The van der Waals surface area contributed by atoms with E-state index in [0.717, 1.165) is 44.4 Å². The van der Waals surface area contributed by atoms with E-state index in [1.165, 1.54) is 0 Å². The third kappa shape index (κ3) is 5.87. The summed E-state index contributed by atoms with van der Waals surface area (Å²) in [5.74, 6) is 0.305. The standard InChI is InChI=1S/C21H34N6O4S/c1-3-5-7-11-32-21-23-19(22-10-6-4-2)16-20(24-21)27(26-25-16)14-12-13(8-9-15(28)29)17(30)18(14)31/h13-14,17-18,30-31H,3-12H2,1-2H3,(H,28,29)(H,22,23,24)/t13-,14+,17+,18-/m0/s1. The number of carboxylic acids is 1. The van der Waals surface area contributed by atoms with Crippen LogP contribution in [0.2, 0.25) is 0 Å². The quantitative estimate of drug-likeness (QED) is 0.197. The van der Waals surface area contributed by atoms with Gasteiger partial charge in [0.05, 0.1) is 12.1 Å². The molecule has 0 spiro atoms. The predicted octanol–water partition coefficient (Wildman–Crippen LogP) is 2.86. The molecule has 0 unspecified atom stereocenters. The summed E-state index contributed by atoms with van der Waals surface area (Å²) < 4.78 is 1.58. The lowest BCUT2D eigenvalue weighted by Crippen LogP contribution is -2.30. The Kier molecular flexibility index (Phi) is 9.06. The van der Waals surface area contributed by atoms with Crippen molar-refractivity contribution in [3.63, 3.8) is 0 Å². The van der Waals surface area contributed by atoms with E-state index in [4.69, 9.17) is 5.11 Å². The summed E-state index contributed by atoms with van der Waals surface area (Å²) in [5.41, 5.74) is 1.06. The van der Waals surface area contributed by atoms with Gasteiger partial charge in [-0.15, -0.1) is 5.10 Å². The molecule has 10 nitrogen and oxygen atoms in total. The molecule has 2 aromatic heterocycles. The van der Waals surface area contributed by atoms with E-state index < -0.39 is 24.2 Å². The van der Waals surface area contributed by atoms with Crippen LogP contribution in [0.1, 0.15) is 71.3 Å². The van der Waals surface area contributed by atoms with Crippen LogP contribution in [0.3, 0.4) is 0 Å². The molecule has 0 amide bonds. The van der Waals surface area contributed by atoms with E-state index in [0.29, 0.717) is 35.0 Å². The molecule has 178 valence electrons. The van der Waals surface area contributed by atoms with Crippen LogP contribution >= 0.6 is 11.8 Å². The first-order chi connectivity index (χ1) is 15.5. The highest BCUT2D eigenvalue weighted by Crippen LogP contribution is 2.39. The van der Waals surface area contributed by atoms with Crippen molar-refractivity contribution in [1.82, 2.24) is 25.0 Å². The minimum atomic E-state index is -1.06. The summed E-state index contributed by atoms with van der Waals surface area (Å²) in [7, 11) is 0. The van der Waals surface area contributed by atoms with Gasteiger partial charge in [0, 0.05) is 18.7 Å². The van der Waals surface area contributed by atoms with Gasteiger partial charge in [-0.25, -0.2) is 14.6 Å². The Morgan fingerprint density at radius 3 is 2.66 bits per heavy atom. The highest BCUT2D eigenvalue weighted by molar-refractivity contribution is 7.99. The molecule has 0 bridgehead atoms. The molecular formula is C21H34N6O4S. The number of aliphatic hydroxyl groups excluding tert-OH is 2. The highest BCUT2D eigenvalue weighted by atomic mass is 32.2. The fourth-order valence-electron chi connectivity index (χ4n) is 4.06. The van der Waals surface area contributed by atoms with Gasteiger partial charge >= 0.3 is 5.97 Å². The van der Waals surface area contributed by atoms with Gasteiger partial charge in [0.25, 0.3) is 0 Å². The van der Waals surface area contributed by atoms with Gasteiger partial charge in [0.1, 0.15) is 6.10 Å². The number of nitrogens with zero attached hydrogens (tertiary/aromatic N) is 5. The fourth-order valence-corrected chi connectivity index (χ4v) is 4.90. The minimum Gasteiger partial charge on any atom is -0.481 e. The van der Waals surface area contributed by atoms with Gasteiger partial charge in [-0.1, -0.05) is 50.1 Å². The van der Waals surface area contributed by atoms with Crippen molar-refractivity contribution in [3.8, 4) is 0 Å². The molecule has 4 N–H and O–H groups in total. The SMILES string of the molecule is CCCCCSc1nc(NCCCC)c2nnn([C@@H]3C[C@H](CCC(=O)O)[C@@H](O)[C@H]3O)c2n1. The van der Waals surface area contributed by atoms with Crippen LogP contribution in [-0.4, -0.2) is 70.8 Å². The Morgan fingerprint density at radius 2 is 1.94 bits per heavy atom. The third-order valence-electron chi connectivity index (χ3n) is 5.92. The van der Waals surface area contributed by atoms with Crippen molar-refractivity contribution in [2.24, 2.45) is 5.92 Å². The lowest BCUT2D eigenvalue weighted by Gasteiger charge is -2.17. The van der Waals surface area contributed by atoms with Gasteiger partial charge in [0.2, 0.25) is 0 Å². The zero-order valence-electron chi connectivity index (χ0n) is 18.8. The Morgan fingerprint density at radius 1 is 1.16 bits per heavy atom. The average Bonchev–Trinajstić information content (AvgIpc) is 3.31. The summed E-state index contributed by atoms with van der Waals surface area (Å²) in [6.07, 6.45) is 4.02. The van der Waals surface area contributed by atoms with Crippen LogP contribution in [-0.2, 0) is 4.79 Å². The first-order valence-electron chi connectivity index (χ1n) is 11.5. The predicted molar refractivity (Wildman–Crippen MR) is 123 cm³/mol. The molecule has 0 radical (unpaired) electrons. The van der Waals surface area contributed by atoms with E-state index in [1.54, 1.807) is 16.4 Å². The number of hydrogen-bond acceptors (Lipinski definition) is 9. The van der Waals surface area contributed by atoms with Gasteiger partial charge in [0.15, 0.2) is 22.1 Å². The Bertz CT molecular complexity index is 895. The van der Waals surface area contributed by atoms with Crippen molar-refractivity contribution in [2.75, 3.05) is 17.6 Å². The molecule has 1 fully saturated rings. The first-order valence-corrected chi connectivity index (χ1v) is 12.5. The third-order valence-corrected chi connectivity index (χ3v) is 6.85. The molecular weight excluding hydrogens is 432 g/mol. The number of nitrogens with one attached hydrogen (secondary N) is 1. The number of hydrogen-bond donors (Lipinski definition) is 4. The Labute approximate surface area is 192 Å². The summed E-state index contributed by atoms with van der Waals surface area (Å²) in [4.78, 5) is 20.3. The second kappa shape index (κ2) is 11.8.